The maximum atomic E-state index is 13.4. The van der Waals surface area contributed by atoms with Crippen molar-refractivity contribution in [3.8, 4) is 11.6 Å². The van der Waals surface area contributed by atoms with Crippen molar-refractivity contribution in [3.63, 3.8) is 0 Å². The third-order valence-electron chi connectivity index (χ3n) is 2.21. The van der Waals surface area contributed by atoms with Crippen molar-refractivity contribution in [1.82, 2.24) is 4.98 Å². The van der Waals surface area contributed by atoms with Gasteiger partial charge >= 0.3 is 0 Å². The second-order valence-electron chi connectivity index (χ2n) is 3.31. The summed E-state index contributed by atoms with van der Waals surface area (Å²) in [5, 5.41) is 0.361. The van der Waals surface area contributed by atoms with Crippen LogP contribution in [-0.2, 0) is 6.54 Å². The predicted octanol–water partition coefficient (Wildman–Crippen LogP) is 3.13. The molecule has 2 N–H and O–H groups in total. The zero-order valence-corrected chi connectivity index (χ0v) is 9.62. The highest BCUT2D eigenvalue weighted by atomic mass is 35.5. The van der Waals surface area contributed by atoms with E-state index in [0.29, 0.717) is 16.3 Å². The van der Waals surface area contributed by atoms with E-state index in [0.717, 1.165) is 0 Å². The Labute approximate surface area is 103 Å². The zero-order chi connectivity index (χ0) is 12.3. The van der Waals surface area contributed by atoms with Crippen LogP contribution in [0, 0.1) is 5.82 Å². The Morgan fingerprint density at radius 1 is 1.29 bits per heavy atom. The lowest BCUT2D eigenvalue weighted by molar-refractivity contribution is 0.450. The first-order chi connectivity index (χ1) is 8.22. The highest BCUT2D eigenvalue weighted by Gasteiger charge is 2.10. The molecule has 1 aromatic carbocycles. The van der Waals surface area contributed by atoms with Gasteiger partial charge in [0, 0.05) is 18.3 Å². The van der Waals surface area contributed by atoms with E-state index in [1.807, 2.05) is 0 Å². The molecule has 0 aliphatic heterocycles. The molecule has 5 heteroatoms. The van der Waals surface area contributed by atoms with Gasteiger partial charge in [0.25, 0.3) is 0 Å². The summed E-state index contributed by atoms with van der Waals surface area (Å²) >= 11 is 5.90. The minimum Gasteiger partial charge on any atom is -0.437 e. The number of halogens is 2. The number of rotatable bonds is 3. The average molecular weight is 253 g/mol. The van der Waals surface area contributed by atoms with Gasteiger partial charge in [-0.25, -0.2) is 9.37 Å². The standard InChI is InChI=1S/C12H10ClFN2O/c13-9-3-2-6-16-12(9)17-11-5-1-4-10(14)8(11)7-15/h1-6H,7,15H2. The number of hydrogen-bond donors (Lipinski definition) is 1. The molecule has 3 nitrogen and oxygen atoms in total. The Morgan fingerprint density at radius 2 is 2.12 bits per heavy atom. The van der Waals surface area contributed by atoms with Gasteiger partial charge in [0.05, 0.1) is 0 Å². The van der Waals surface area contributed by atoms with E-state index in [4.69, 9.17) is 22.1 Å². The normalized spacial score (nSPS) is 10.3. The lowest BCUT2D eigenvalue weighted by atomic mass is 10.2. The smallest absolute Gasteiger partial charge is 0.238 e. The van der Waals surface area contributed by atoms with Gasteiger partial charge in [0.1, 0.15) is 16.6 Å². The first-order valence-electron chi connectivity index (χ1n) is 4.98. The topological polar surface area (TPSA) is 48.1 Å². The summed E-state index contributed by atoms with van der Waals surface area (Å²) in [7, 11) is 0. The van der Waals surface area contributed by atoms with Gasteiger partial charge in [0.15, 0.2) is 0 Å². The predicted molar refractivity (Wildman–Crippen MR) is 63.6 cm³/mol. The summed E-state index contributed by atoms with van der Waals surface area (Å²) in [6, 6.07) is 7.82. The fourth-order valence-corrected chi connectivity index (χ4v) is 1.54. The molecule has 2 aromatic rings. The molecule has 17 heavy (non-hydrogen) atoms. The number of pyridine rings is 1. The van der Waals surface area contributed by atoms with E-state index in [1.54, 1.807) is 30.5 Å². The molecule has 0 aliphatic carbocycles. The Balaban J connectivity index is 2.37. The molecule has 0 aliphatic rings. The Morgan fingerprint density at radius 3 is 2.82 bits per heavy atom. The van der Waals surface area contributed by atoms with E-state index in [-0.39, 0.29) is 12.4 Å². The zero-order valence-electron chi connectivity index (χ0n) is 8.86. The monoisotopic (exact) mass is 252 g/mol. The van der Waals surface area contributed by atoms with Gasteiger partial charge < -0.3 is 10.5 Å². The molecule has 2 rings (SSSR count). The van der Waals surface area contributed by atoms with Crippen molar-refractivity contribution in [2.75, 3.05) is 0 Å². The van der Waals surface area contributed by atoms with Gasteiger partial charge in [-0.3, -0.25) is 0 Å². The molecular weight excluding hydrogens is 243 g/mol. The van der Waals surface area contributed by atoms with Crippen LogP contribution in [0.4, 0.5) is 4.39 Å². The number of hydrogen-bond acceptors (Lipinski definition) is 3. The van der Waals surface area contributed by atoms with Gasteiger partial charge in [0.2, 0.25) is 5.88 Å². The molecule has 0 unspecified atom stereocenters. The van der Waals surface area contributed by atoms with E-state index in [2.05, 4.69) is 4.98 Å². The third-order valence-corrected chi connectivity index (χ3v) is 2.50. The lowest BCUT2D eigenvalue weighted by Crippen LogP contribution is -2.03. The van der Waals surface area contributed by atoms with Crippen molar-refractivity contribution in [1.29, 1.82) is 0 Å². The minimum absolute atomic E-state index is 0.0481. The van der Waals surface area contributed by atoms with Crippen LogP contribution in [0.25, 0.3) is 0 Å². The molecule has 0 spiro atoms. The number of nitrogens with zero attached hydrogens (tertiary/aromatic N) is 1. The van der Waals surface area contributed by atoms with Crippen molar-refractivity contribution >= 4 is 11.6 Å². The van der Waals surface area contributed by atoms with Crippen molar-refractivity contribution in [2.45, 2.75) is 6.54 Å². The molecule has 0 atom stereocenters. The SMILES string of the molecule is NCc1c(F)cccc1Oc1ncccc1Cl. The van der Waals surface area contributed by atoms with Gasteiger partial charge in [-0.05, 0) is 24.3 Å². The molecule has 1 heterocycles. The highest BCUT2D eigenvalue weighted by Crippen LogP contribution is 2.29. The average Bonchev–Trinajstić information content (AvgIpc) is 2.32. The molecule has 0 fully saturated rings. The maximum absolute atomic E-state index is 13.4. The summed E-state index contributed by atoms with van der Waals surface area (Å²) in [6.45, 7) is 0.0481. The largest absolute Gasteiger partial charge is 0.437 e. The van der Waals surface area contributed by atoms with Crippen LogP contribution in [0.5, 0.6) is 11.6 Å². The number of aromatic nitrogens is 1. The van der Waals surface area contributed by atoms with Gasteiger partial charge in [-0.15, -0.1) is 0 Å². The van der Waals surface area contributed by atoms with Crippen LogP contribution in [0.15, 0.2) is 36.5 Å². The van der Waals surface area contributed by atoms with E-state index in [9.17, 15) is 4.39 Å². The van der Waals surface area contributed by atoms with Crippen molar-refractivity contribution in [2.24, 2.45) is 5.73 Å². The molecule has 0 bridgehead atoms. The second kappa shape index (κ2) is 5.12. The van der Waals surface area contributed by atoms with Gasteiger partial charge in [-0.2, -0.15) is 0 Å². The minimum atomic E-state index is -0.406. The summed E-state index contributed by atoms with van der Waals surface area (Å²) in [4.78, 5) is 3.96. The molecule has 0 radical (unpaired) electrons. The van der Waals surface area contributed by atoms with E-state index >= 15 is 0 Å². The first-order valence-corrected chi connectivity index (χ1v) is 5.36. The van der Waals surface area contributed by atoms with Crippen LogP contribution in [0.3, 0.4) is 0 Å². The van der Waals surface area contributed by atoms with Crippen LogP contribution in [-0.4, -0.2) is 4.98 Å². The fourth-order valence-electron chi connectivity index (χ4n) is 1.38. The molecule has 0 saturated heterocycles. The van der Waals surface area contributed by atoms with Crippen molar-refractivity contribution in [3.05, 3.63) is 52.9 Å². The Bertz CT molecular complexity index is 534. The number of nitrogens with two attached hydrogens (primary N) is 1. The van der Waals surface area contributed by atoms with Crippen LogP contribution < -0.4 is 10.5 Å². The summed E-state index contributed by atoms with van der Waals surface area (Å²) in [5.41, 5.74) is 5.77. The quantitative estimate of drug-likeness (QED) is 0.913. The van der Waals surface area contributed by atoms with Crippen LogP contribution >= 0.6 is 11.6 Å². The van der Waals surface area contributed by atoms with Crippen LogP contribution in [0.2, 0.25) is 5.02 Å². The molecule has 88 valence electrons. The third kappa shape index (κ3) is 2.54. The molecule has 0 saturated carbocycles. The maximum Gasteiger partial charge on any atom is 0.238 e. The summed E-state index contributed by atoms with van der Waals surface area (Å²) in [5.74, 6) is 0.152. The lowest BCUT2D eigenvalue weighted by Gasteiger charge is -2.10. The van der Waals surface area contributed by atoms with Gasteiger partial charge in [-0.1, -0.05) is 17.7 Å². The number of ether oxygens (including phenoxy) is 1. The summed E-state index contributed by atoms with van der Waals surface area (Å²) < 4.78 is 18.9. The van der Waals surface area contributed by atoms with Crippen LogP contribution in [0.1, 0.15) is 5.56 Å². The van der Waals surface area contributed by atoms with E-state index in [1.165, 1.54) is 6.07 Å². The summed E-state index contributed by atoms with van der Waals surface area (Å²) in [6.07, 6.45) is 1.54. The number of benzene rings is 1. The molecule has 1 aromatic heterocycles. The van der Waals surface area contributed by atoms with Crippen molar-refractivity contribution < 1.29 is 9.13 Å². The molecular formula is C12H10ClFN2O. The first kappa shape index (κ1) is 11.8. The molecule has 0 amide bonds. The highest BCUT2D eigenvalue weighted by molar-refractivity contribution is 6.31. The second-order valence-corrected chi connectivity index (χ2v) is 3.72. The Hall–Kier alpha value is -1.65. The Kier molecular flexibility index (Phi) is 3.56. The fraction of sp³-hybridized carbons (Fsp3) is 0.0833. The van der Waals surface area contributed by atoms with E-state index < -0.39 is 5.82 Å².